The second kappa shape index (κ2) is 8.31. The number of hydrogen-bond acceptors (Lipinski definition) is 2. The minimum absolute atomic E-state index is 0.109. The fraction of sp³-hybridized carbons (Fsp3) is 0.667. The molecular formula is C21H31FN2O. The van der Waals surface area contributed by atoms with Crippen LogP contribution in [0.2, 0.25) is 0 Å². The number of nitrogens with zero attached hydrogens (tertiary/aromatic N) is 1. The van der Waals surface area contributed by atoms with E-state index in [0.29, 0.717) is 12.5 Å². The first-order valence-electron chi connectivity index (χ1n) is 9.95. The van der Waals surface area contributed by atoms with Crippen LogP contribution >= 0.6 is 0 Å². The van der Waals surface area contributed by atoms with Gasteiger partial charge in [-0.1, -0.05) is 38.8 Å². The van der Waals surface area contributed by atoms with Gasteiger partial charge in [0, 0.05) is 30.5 Å². The van der Waals surface area contributed by atoms with E-state index in [2.05, 4.69) is 24.1 Å². The molecule has 25 heavy (non-hydrogen) atoms. The summed E-state index contributed by atoms with van der Waals surface area (Å²) in [6, 6.07) is 7.41. The number of fused-ring (bicyclic) bond motifs is 1. The van der Waals surface area contributed by atoms with Gasteiger partial charge in [-0.3, -0.25) is 4.79 Å². The van der Waals surface area contributed by atoms with Crippen molar-refractivity contribution in [3.8, 4) is 0 Å². The summed E-state index contributed by atoms with van der Waals surface area (Å²) in [6.07, 6.45) is 6.40. The topological polar surface area (TPSA) is 32.3 Å². The van der Waals surface area contributed by atoms with Crippen LogP contribution in [0.1, 0.15) is 63.9 Å². The lowest BCUT2D eigenvalue weighted by molar-refractivity contribution is -0.137. The van der Waals surface area contributed by atoms with Gasteiger partial charge in [0.2, 0.25) is 5.91 Å². The number of nitrogens with one attached hydrogen (secondary N) is 1. The van der Waals surface area contributed by atoms with Gasteiger partial charge in [-0.2, -0.15) is 0 Å². The Morgan fingerprint density at radius 1 is 1.28 bits per heavy atom. The molecule has 1 amide bonds. The van der Waals surface area contributed by atoms with Gasteiger partial charge in [0.05, 0.1) is 0 Å². The molecule has 0 aromatic heterocycles. The number of benzene rings is 1. The average Bonchev–Trinajstić information content (AvgIpc) is 2.93. The maximum absolute atomic E-state index is 13.8. The first-order chi connectivity index (χ1) is 12.2. The molecule has 0 bridgehead atoms. The predicted octanol–water partition coefficient (Wildman–Crippen LogP) is 4.09. The van der Waals surface area contributed by atoms with Gasteiger partial charge in [0.25, 0.3) is 0 Å². The molecule has 2 aliphatic heterocycles. The molecule has 3 atom stereocenters. The summed E-state index contributed by atoms with van der Waals surface area (Å²) in [5.41, 5.74) is 1.02. The number of carbonyl (C=O) groups excluding carboxylic acids is 1. The molecule has 0 radical (unpaired) electrons. The zero-order chi connectivity index (χ0) is 17.8. The molecule has 1 aromatic carbocycles. The molecule has 1 N–H and O–H groups in total. The first-order valence-corrected chi connectivity index (χ1v) is 9.95. The smallest absolute Gasteiger partial charge is 0.225 e. The van der Waals surface area contributed by atoms with E-state index in [1.165, 1.54) is 25.3 Å². The lowest BCUT2D eigenvalue weighted by Gasteiger charge is -2.33. The van der Waals surface area contributed by atoms with E-state index in [9.17, 15) is 9.18 Å². The van der Waals surface area contributed by atoms with Crippen LogP contribution < -0.4 is 5.32 Å². The Hall–Kier alpha value is -1.42. The number of rotatable bonds is 4. The Morgan fingerprint density at radius 3 is 2.80 bits per heavy atom. The molecule has 0 aliphatic carbocycles. The highest BCUT2D eigenvalue weighted by atomic mass is 19.1. The number of amides is 1. The van der Waals surface area contributed by atoms with Gasteiger partial charge in [0.15, 0.2) is 0 Å². The van der Waals surface area contributed by atoms with Crippen molar-refractivity contribution in [1.82, 2.24) is 10.2 Å². The van der Waals surface area contributed by atoms with Gasteiger partial charge in [-0.15, -0.1) is 0 Å². The van der Waals surface area contributed by atoms with Crippen molar-refractivity contribution in [2.45, 2.75) is 70.4 Å². The molecule has 0 unspecified atom stereocenters. The molecule has 0 saturated carbocycles. The molecule has 0 spiro atoms. The van der Waals surface area contributed by atoms with Gasteiger partial charge in [-0.25, -0.2) is 4.39 Å². The monoisotopic (exact) mass is 346 g/mol. The van der Waals surface area contributed by atoms with Crippen LogP contribution in [0.3, 0.4) is 0 Å². The van der Waals surface area contributed by atoms with E-state index in [0.717, 1.165) is 31.4 Å². The van der Waals surface area contributed by atoms with Crippen molar-refractivity contribution in [3.63, 3.8) is 0 Å². The average molecular weight is 346 g/mol. The molecule has 2 saturated heterocycles. The summed E-state index contributed by atoms with van der Waals surface area (Å²) in [4.78, 5) is 15.2. The van der Waals surface area contributed by atoms with E-state index in [4.69, 9.17) is 0 Å². The third kappa shape index (κ3) is 3.89. The molecule has 2 fully saturated rings. The molecule has 4 heteroatoms. The maximum Gasteiger partial charge on any atom is 0.225 e. The van der Waals surface area contributed by atoms with Crippen LogP contribution in [0.25, 0.3) is 0 Å². The Balaban J connectivity index is 1.90. The van der Waals surface area contributed by atoms with Crippen LogP contribution in [-0.2, 0) is 4.79 Å². The van der Waals surface area contributed by atoms with Crippen molar-refractivity contribution < 1.29 is 9.18 Å². The van der Waals surface area contributed by atoms with Crippen molar-refractivity contribution in [1.29, 1.82) is 0 Å². The Morgan fingerprint density at radius 2 is 2.08 bits per heavy atom. The first kappa shape index (κ1) is 18.4. The molecule has 1 aromatic rings. The largest absolute Gasteiger partial charge is 0.337 e. The van der Waals surface area contributed by atoms with E-state index in [-0.39, 0.29) is 29.7 Å². The van der Waals surface area contributed by atoms with Crippen molar-refractivity contribution in [3.05, 3.63) is 35.6 Å². The fourth-order valence-electron chi connectivity index (χ4n) is 4.64. The summed E-state index contributed by atoms with van der Waals surface area (Å²) in [5.74, 6) is 0.389. The third-order valence-electron chi connectivity index (χ3n) is 6.09. The van der Waals surface area contributed by atoms with Gasteiger partial charge in [-0.05, 0) is 49.9 Å². The molecule has 3 nitrogen and oxygen atoms in total. The van der Waals surface area contributed by atoms with E-state index in [1.54, 1.807) is 12.1 Å². The van der Waals surface area contributed by atoms with Crippen molar-refractivity contribution >= 4 is 5.91 Å². The normalized spacial score (nSPS) is 27.0. The highest BCUT2D eigenvalue weighted by molar-refractivity contribution is 5.79. The van der Waals surface area contributed by atoms with Crippen LogP contribution in [0, 0.1) is 11.7 Å². The van der Waals surface area contributed by atoms with Crippen molar-refractivity contribution in [2.75, 3.05) is 13.1 Å². The SMILES string of the molecule is CCC(CC)C(=O)N1C[C@@H](c2cccc(F)c2)[C@@H]2NCCCCC[C@H]21. The molecule has 138 valence electrons. The Bertz CT molecular complexity index is 587. The minimum Gasteiger partial charge on any atom is -0.337 e. The molecule has 2 heterocycles. The number of likely N-dealkylation sites (tertiary alicyclic amines) is 1. The Labute approximate surface area is 151 Å². The maximum atomic E-state index is 13.8. The van der Waals surface area contributed by atoms with Crippen LogP contribution in [0.15, 0.2) is 24.3 Å². The summed E-state index contributed by atoms with van der Waals surface area (Å²) >= 11 is 0. The highest BCUT2D eigenvalue weighted by Gasteiger charge is 2.45. The van der Waals surface area contributed by atoms with E-state index < -0.39 is 0 Å². The fourth-order valence-corrected chi connectivity index (χ4v) is 4.64. The van der Waals surface area contributed by atoms with Crippen molar-refractivity contribution in [2.24, 2.45) is 5.92 Å². The summed E-state index contributed by atoms with van der Waals surface area (Å²) < 4.78 is 13.8. The molecule has 3 rings (SSSR count). The van der Waals surface area contributed by atoms with Crippen LogP contribution in [-0.4, -0.2) is 36.0 Å². The standard InChI is InChI=1S/C21H31FN2O/c1-3-15(4-2)21(25)24-14-18(16-9-8-10-17(22)13-16)20-19(24)11-6-5-7-12-23-20/h8-10,13,15,18-20,23H,3-7,11-12,14H2,1-2H3/t18-,19+,20-/m0/s1. The van der Waals surface area contributed by atoms with E-state index >= 15 is 0 Å². The summed E-state index contributed by atoms with van der Waals surface area (Å²) in [7, 11) is 0. The van der Waals surface area contributed by atoms with E-state index in [1.807, 2.05) is 6.07 Å². The van der Waals surface area contributed by atoms with Gasteiger partial charge in [0.1, 0.15) is 5.82 Å². The predicted molar refractivity (Wildman–Crippen MR) is 99.0 cm³/mol. The second-order valence-corrected chi connectivity index (χ2v) is 7.56. The quantitative estimate of drug-likeness (QED) is 0.891. The third-order valence-corrected chi connectivity index (χ3v) is 6.09. The van der Waals surface area contributed by atoms with Crippen LogP contribution in [0.5, 0.6) is 0 Å². The second-order valence-electron chi connectivity index (χ2n) is 7.56. The highest BCUT2D eigenvalue weighted by Crippen LogP contribution is 2.37. The minimum atomic E-state index is -0.190. The molecule has 2 aliphatic rings. The number of hydrogen-bond donors (Lipinski definition) is 1. The zero-order valence-corrected chi connectivity index (χ0v) is 15.5. The lowest BCUT2D eigenvalue weighted by atomic mass is 9.88. The van der Waals surface area contributed by atoms with Gasteiger partial charge < -0.3 is 10.2 Å². The van der Waals surface area contributed by atoms with Gasteiger partial charge >= 0.3 is 0 Å². The lowest BCUT2D eigenvalue weighted by Crippen LogP contribution is -2.48. The summed E-state index contributed by atoms with van der Waals surface area (Å²) in [5, 5.41) is 3.70. The van der Waals surface area contributed by atoms with Crippen LogP contribution in [0.4, 0.5) is 4.39 Å². The number of carbonyl (C=O) groups is 1. The Kier molecular flexibility index (Phi) is 6.10. The molecular weight excluding hydrogens is 315 g/mol. The zero-order valence-electron chi connectivity index (χ0n) is 15.5. The summed E-state index contributed by atoms with van der Waals surface area (Å²) in [6.45, 7) is 5.89. The number of halogens is 1.